The summed E-state index contributed by atoms with van der Waals surface area (Å²) in [4.78, 5) is 11.2. The van der Waals surface area contributed by atoms with E-state index in [9.17, 15) is 4.79 Å². The first kappa shape index (κ1) is 21.1. The van der Waals surface area contributed by atoms with Crippen molar-refractivity contribution in [1.82, 2.24) is 0 Å². The molecule has 0 spiro atoms. The maximum atomic E-state index is 11.2. The van der Waals surface area contributed by atoms with Gasteiger partial charge in [0.15, 0.2) is 6.10 Å². The molecule has 5 nitrogen and oxygen atoms in total. The molecule has 1 aliphatic rings. The van der Waals surface area contributed by atoms with Crippen LogP contribution < -0.4 is 4.74 Å². The van der Waals surface area contributed by atoms with Crippen molar-refractivity contribution in [2.24, 2.45) is 0 Å². The summed E-state index contributed by atoms with van der Waals surface area (Å²) in [6.45, 7) is 4.79. The standard InChI is InChI=1S/C26H26O5/c1-18-6-3-4-9-24(18)21-8-5-7-20(14-21)15-30-23-12-10-22(11-13-23)26(16-29-17-26)31-19(2)25(27)28/h3-14,19H,15-17H2,1-2H3,(H,27,28). The summed E-state index contributed by atoms with van der Waals surface area (Å²) in [5.41, 5.74) is 4.90. The van der Waals surface area contributed by atoms with Gasteiger partial charge in [0.25, 0.3) is 0 Å². The lowest BCUT2D eigenvalue weighted by atomic mass is 9.91. The third-order valence-electron chi connectivity index (χ3n) is 5.59. The smallest absolute Gasteiger partial charge is 0.332 e. The summed E-state index contributed by atoms with van der Waals surface area (Å²) in [5, 5.41) is 9.16. The van der Waals surface area contributed by atoms with Gasteiger partial charge in [0.1, 0.15) is 18.0 Å². The van der Waals surface area contributed by atoms with E-state index in [2.05, 4.69) is 37.3 Å². The van der Waals surface area contributed by atoms with Crippen LogP contribution in [0, 0.1) is 6.92 Å². The number of hydrogen-bond donors (Lipinski definition) is 1. The Balaban J connectivity index is 1.43. The molecule has 3 aromatic rings. The van der Waals surface area contributed by atoms with E-state index in [1.54, 1.807) is 0 Å². The van der Waals surface area contributed by atoms with Crippen LogP contribution in [0.15, 0.2) is 72.8 Å². The predicted molar refractivity (Wildman–Crippen MR) is 118 cm³/mol. The zero-order valence-electron chi connectivity index (χ0n) is 17.7. The van der Waals surface area contributed by atoms with Gasteiger partial charge in [0, 0.05) is 0 Å². The molecule has 1 atom stereocenters. The van der Waals surface area contributed by atoms with Gasteiger partial charge < -0.3 is 19.3 Å². The molecule has 160 valence electrons. The van der Waals surface area contributed by atoms with Crippen LogP contribution in [0.2, 0.25) is 0 Å². The van der Waals surface area contributed by atoms with Gasteiger partial charge in [-0.25, -0.2) is 4.79 Å². The quantitative estimate of drug-likeness (QED) is 0.560. The number of ether oxygens (including phenoxy) is 3. The molecule has 4 rings (SSSR count). The van der Waals surface area contributed by atoms with Crippen molar-refractivity contribution in [3.63, 3.8) is 0 Å². The molecule has 31 heavy (non-hydrogen) atoms. The van der Waals surface area contributed by atoms with Crippen molar-refractivity contribution in [2.75, 3.05) is 13.2 Å². The first-order valence-electron chi connectivity index (χ1n) is 10.3. The van der Waals surface area contributed by atoms with Crippen LogP contribution in [0.3, 0.4) is 0 Å². The van der Waals surface area contributed by atoms with Gasteiger partial charge in [-0.15, -0.1) is 0 Å². The molecule has 1 saturated heterocycles. The fourth-order valence-electron chi connectivity index (χ4n) is 3.73. The Morgan fingerprint density at radius 3 is 2.45 bits per heavy atom. The van der Waals surface area contributed by atoms with E-state index < -0.39 is 17.7 Å². The van der Waals surface area contributed by atoms with Gasteiger partial charge in [0.05, 0.1) is 13.2 Å². The highest BCUT2D eigenvalue weighted by Crippen LogP contribution is 2.36. The highest BCUT2D eigenvalue weighted by Gasteiger charge is 2.44. The fraction of sp³-hybridized carbons (Fsp3) is 0.269. The SMILES string of the molecule is Cc1ccccc1-c1cccc(COc2ccc(C3(OC(C)C(=O)O)COC3)cc2)c1. The molecule has 0 amide bonds. The fourth-order valence-corrected chi connectivity index (χ4v) is 3.73. The minimum atomic E-state index is -0.987. The normalized spacial score (nSPS) is 15.7. The summed E-state index contributed by atoms with van der Waals surface area (Å²) in [5.74, 6) is -0.245. The van der Waals surface area contributed by atoms with E-state index in [-0.39, 0.29) is 0 Å². The van der Waals surface area contributed by atoms with Crippen LogP contribution in [0.5, 0.6) is 5.75 Å². The molecule has 1 unspecified atom stereocenters. The minimum absolute atomic E-state index is 0.344. The minimum Gasteiger partial charge on any atom is -0.489 e. The second kappa shape index (κ2) is 8.92. The Labute approximate surface area is 182 Å². The van der Waals surface area contributed by atoms with Crippen LogP contribution in [0.1, 0.15) is 23.6 Å². The van der Waals surface area contributed by atoms with Gasteiger partial charge in [-0.3, -0.25) is 0 Å². The van der Waals surface area contributed by atoms with Crippen LogP contribution in [-0.4, -0.2) is 30.4 Å². The molecule has 1 heterocycles. The van der Waals surface area contributed by atoms with Crippen molar-refractivity contribution in [1.29, 1.82) is 0 Å². The molecule has 0 aromatic heterocycles. The topological polar surface area (TPSA) is 65.0 Å². The zero-order valence-corrected chi connectivity index (χ0v) is 17.7. The Bertz CT molecular complexity index is 1050. The number of carbonyl (C=O) groups is 1. The average molecular weight is 418 g/mol. The Morgan fingerprint density at radius 1 is 1.06 bits per heavy atom. The predicted octanol–water partition coefficient (Wildman–Crippen LogP) is 4.96. The average Bonchev–Trinajstić information content (AvgIpc) is 2.75. The van der Waals surface area contributed by atoms with E-state index in [1.165, 1.54) is 23.6 Å². The maximum Gasteiger partial charge on any atom is 0.332 e. The maximum absolute atomic E-state index is 11.2. The number of carboxylic acids is 1. The summed E-state index contributed by atoms with van der Waals surface area (Å²) in [6.07, 6.45) is -0.902. The van der Waals surface area contributed by atoms with Crippen molar-refractivity contribution < 1.29 is 24.1 Å². The number of rotatable bonds is 8. The van der Waals surface area contributed by atoms with E-state index >= 15 is 0 Å². The van der Waals surface area contributed by atoms with E-state index in [0.29, 0.717) is 19.8 Å². The molecule has 1 fully saturated rings. The summed E-state index contributed by atoms with van der Waals surface area (Å²) >= 11 is 0. The Kier molecular flexibility index (Phi) is 6.07. The highest BCUT2D eigenvalue weighted by atomic mass is 16.6. The molecule has 0 bridgehead atoms. The van der Waals surface area contributed by atoms with Crippen molar-refractivity contribution in [3.05, 3.63) is 89.5 Å². The molecule has 0 aliphatic carbocycles. The van der Waals surface area contributed by atoms with Crippen LogP contribution in [0.4, 0.5) is 0 Å². The van der Waals surface area contributed by atoms with Gasteiger partial charge in [-0.1, -0.05) is 54.6 Å². The monoisotopic (exact) mass is 418 g/mol. The van der Waals surface area contributed by atoms with E-state index in [1.807, 2.05) is 42.5 Å². The van der Waals surface area contributed by atoms with Crippen molar-refractivity contribution in [3.8, 4) is 16.9 Å². The molecular formula is C26H26O5. The lowest BCUT2D eigenvalue weighted by Crippen LogP contribution is -2.51. The third kappa shape index (κ3) is 4.63. The number of aryl methyl sites for hydroxylation is 1. The van der Waals surface area contributed by atoms with Gasteiger partial charge >= 0.3 is 5.97 Å². The highest BCUT2D eigenvalue weighted by molar-refractivity contribution is 5.71. The first-order chi connectivity index (χ1) is 15.0. The lowest BCUT2D eigenvalue weighted by molar-refractivity contribution is -0.237. The third-order valence-corrected chi connectivity index (χ3v) is 5.59. The number of benzene rings is 3. The summed E-state index contributed by atoms with van der Waals surface area (Å²) in [7, 11) is 0. The molecular weight excluding hydrogens is 392 g/mol. The number of aliphatic carboxylic acids is 1. The molecule has 1 N–H and O–H groups in total. The molecule has 3 aromatic carbocycles. The molecule has 5 heteroatoms. The van der Waals surface area contributed by atoms with Crippen molar-refractivity contribution in [2.45, 2.75) is 32.2 Å². The Morgan fingerprint density at radius 2 is 1.81 bits per heavy atom. The second-order valence-electron chi connectivity index (χ2n) is 7.91. The van der Waals surface area contributed by atoms with Gasteiger partial charge in [0.2, 0.25) is 0 Å². The number of carboxylic acid groups (broad SMARTS) is 1. The number of hydrogen-bond acceptors (Lipinski definition) is 4. The van der Waals surface area contributed by atoms with Gasteiger partial charge in [-0.05, 0) is 59.9 Å². The molecule has 0 saturated carbocycles. The van der Waals surface area contributed by atoms with Crippen LogP contribution in [0.25, 0.3) is 11.1 Å². The zero-order chi connectivity index (χ0) is 21.8. The van der Waals surface area contributed by atoms with E-state index in [4.69, 9.17) is 19.3 Å². The lowest BCUT2D eigenvalue weighted by Gasteiger charge is -2.42. The van der Waals surface area contributed by atoms with Crippen molar-refractivity contribution >= 4 is 5.97 Å². The van der Waals surface area contributed by atoms with Crippen LogP contribution >= 0.6 is 0 Å². The molecule has 0 radical (unpaired) electrons. The van der Waals surface area contributed by atoms with Crippen LogP contribution in [-0.2, 0) is 26.5 Å². The second-order valence-corrected chi connectivity index (χ2v) is 7.91. The van der Waals surface area contributed by atoms with E-state index in [0.717, 1.165) is 16.9 Å². The largest absolute Gasteiger partial charge is 0.489 e. The van der Waals surface area contributed by atoms with Gasteiger partial charge in [-0.2, -0.15) is 0 Å². The summed E-state index contributed by atoms with van der Waals surface area (Å²) < 4.78 is 17.1. The summed E-state index contributed by atoms with van der Waals surface area (Å²) in [6, 6.07) is 24.3. The Hall–Kier alpha value is -3.15. The molecule has 1 aliphatic heterocycles. The first-order valence-corrected chi connectivity index (χ1v) is 10.3.